The van der Waals surface area contributed by atoms with Gasteiger partial charge in [0, 0.05) is 0 Å². The van der Waals surface area contributed by atoms with Gasteiger partial charge in [-0.1, -0.05) is 6.07 Å². The standard InChI is InChI=1S/C11H17NO3/c1-14-9-6-5-8(4-3-7-12)11(15-2)10(9)13/h5-6,13H,3-4,7,12H2,1-2H3. The summed E-state index contributed by atoms with van der Waals surface area (Å²) in [4.78, 5) is 0. The second-order valence-corrected chi connectivity index (χ2v) is 3.20. The van der Waals surface area contributed by atoms with E-state index in [2.05, 4.69) is 0 Å². The van der Waals surface area contributed by atoms with Crippen LogP contribution in [0.15, 0.2) is 12.1 Å². The van der Waals surface area contributed by atoms with E-state index >= 15 is 0 Å². The van der Waals surface area contributed by atoms with Crippen molar-refractivity contribution in [2.45, 2.75) is 12.8 Å². The molecule has 0 amide bonds. The van der Waals surface area contributed by atoms with Crippen LogP contribution in [0.1, 0.15) is 12.0 Å². The quantitative estimate of drug-likeness (QED) is 0.770. The van der Waals surface area contributed by atoms with E-state index in [-0.39, 0.29) is 5.75 Å². The molecule has 0 heterocycles. The Kier molecular flexibility index (Phi) is 4.24. The molecule has 0 aliphatic carbocycles. The predicted molar refractivity (Wildman–Crippen MR) is 58.6 cm³/mol. The third kappa shape index (κ3) is 2.53. The van der Waals surface area contributed by atoms with Crippen LogP contribution in [0.5, 0.6) is 17.2 Å². The minimum atomic E-state index is 0.0505. The van der Waals surface area contributed by atoms with Crippen molar-refractivity contribution in [2.24, 2.45) is 5.73 Å². The van der Waals surface area contributed by atoms with Gasteiger partial charge in [0.2, 0.25) is 5.75 Å². The molecule has 1 rings (SSSR count). The van der Waals surface area contributed by atoms with Crippen LogP contribution in [-0.2, 0) is 6.42 Å². The highest BCUT2D eigenvalue weighted by Crippen LogP contribution is 2.38. The van der Waals surface area contributed by atoms with E-state index in [1.807, 2.05) is 6.07 Å². The summed E-state index contributed by atoms with van der Waals surface area (Å²) in [5.41, 5.74) is 6.38. The summed E-state index contributed by atoms with van der Waals surface area (Å²) in [5, 5.41) is 9.79. The Labute approximate surface area is 89.6 Å². The van der Waals surface area contributed by atoms with Gasteiger partial charge in [0.05, 0.1) is 14.2 Å². The zero-order valence-corrected chi connectivity index (χ0v) is 9.12. The van der Waals surface area contributed by atoms with Gasteiger partial charge >= 0.3 is 0 Å². The number of nitrogens with two attached hydrogens (primary N) is 1. The van der Waals surface area contributed by atoms with E-state index in [0.29, 0.717) is 18.0 Å². The number of ether oxygens (including phenoxy) is 2. The molecule has 4 nitrogen and oxygen atoms in total. The molecule has 0 unspecified atom stereocenters. The van der Waals surface area contributed by atoms with Crippen LogP contribution in [0.2, 0.25) is 0 Å². The second kappa shape index (κ2) is 5.46. The van der Waals surface area contributed by atoms with Crippen molar-refractivity contribution in [1.29, 1.82) is 0 Å². The second-order valence-electron chi connectivity index (χ2n) is 3.20. The van der Waals surface area contributed by atoms with Crippen molar-refractivity contribution in [3.63, 3.8) is 0 Å². The average molecular weight is 211 g/mol. The Hall–Kier alpha value is -1.42. The lowest BCUT2D eigenvalue weighted by atomic mass is 10.1. The number of rotatable bonds is 5. The fourth-order valence-corrected chi connectivity index (χ4v) is 1.48. The fourth-order valence-electron chi connectivity index (χ4n) is 1.48. The number of methoxy groups -OCH3 is 2. The zero-order chi connectivity index (χ0) is 11.3. The van der Waals surface area contributed by atoms with E-state index in [4.69, 9.17) is 15.2 Å². The van der Waals surface area contributed by atoms with Crippen LogP contribution in [0.25, 0.3) is 0 Å². The smallest absolute Gasteiger partial charge is 0.201 e. The van der Waals surface area contributed by atoms with E-state index in [1.54, 1.807) is 6.07 Å². The van der Waals surface area contributed by atoms with Crippen molar-refractivity contribution in [1.82, 2.24) is 0 Å². The normalized spacial score (nSPS) is 10.1. The molecule has 0 saturated carbocycles. The SMILES string of the molecule is COc1ccc(CCCN)c(OC)c1O. The molecule has 0 aliphatic rings. The molecule has 0 aliphatic heterocycles. The molecule has 0 fully saturated rings. The molecule has 84 valence electrons. The van der Waals surface area contributed by atoms with E-state index in [1.165, 1.54) is 14.2 Å². The summed E-state index contributed by atoms with van der Waals surface area (Å²) in [5.74, 6) is 0.945. The predicted octanol–water partition coefficient (Wildman–Crippen LogP) is 1.30. The molecule has 0 aromatic heterocycles. The Morgan fingerprint density at radius 2 is 2.00 bits per heavy atom. The first-order valence-electron chi connectivity index (χ1n) is 4.87. The van der Waals surface area contributed by atoms with E-state index in [9.17, 15) is 5.11 Å². The van der Waals surface area contributed by atoms with Crippen LogP contribution < -0.4 is 15.2 Å². The molecule has 4 heteroatoms. The molecule has 0 bridgehead atoms. The molecular formula is C11H17NO3. The third-order valence-corrected chi connectivity index (χ3v) is 2.25. The Morgan fingerprint density at radius 3 is 2.53 bits per heavy atom. The number of aromatic hydroxyl groups is 1. The summed E-state index contributed by atoms with van der Waals surface area (Å²) in [6.45, 7) is 0.621. The van der Waals surface area contributed by atoms with E-state index < -0.39 is 0 Å². The number of hydrogen-bond donors (Lipinski definition) is 2. The fraction of sp³-hybridized carbons (Fsp3) is 0.455. The van der Waals surface area contributed by atoms with Gasteiger partial charge < -0.3 is 20.3 Å². The zero-order valence-electron chi connectivity index (χ0n) is 9.12. The lowest BCUT2D eigenvalue weighted by Gasteiger charge is -2.12. The minimum absolute atomic E-state index is 0.0505. The van der Waals surface area contributed by atoms with Gasteiger partial charge in [0.1, 0.15) is 0 Å². The van der Waals surface area contributed by atoms with Crippen molar-refractivity contribution in [2.75, 3.05) is 20.8 Å². The minimum Gasteiger partial charge on any atom is -0.502 e. The van der Waals surface area contributed by atoms with Gasteiger partial charge in [-0.25, -0.2) is 0 Å². The number of aryl methyl sites for hydroxylation is 1. The first kappa shape index (κ1) is 11.7. The maximum absolute atomic E-state index is 9.79. The summed E-state index contributed by atoms with van der Waals surface area (Å²) < 4.78 is 10.1. The van der Waals surface area contributed by atoms with Crippen molar-refractivity contribution in [3.8, 4) is 17.2 Å². The number of phenols is 1. The highest BCUT2D eigenvalue weighted by atomic mass is 16.5. The molecule has 3 N–H and O–H groups in total. The molecule has 0 saturated heterocycles. The van der Waals surface area contributed by atoms with Crippen LogP contribution in [-0.4, -0.2) is 25.9 Å². The van der Waals surface area contributed by atoms with Crippen LogP contribution >= 0.6 is 0 Å². The third-order valence-electron chi connectivity index (χ3n) is 2.25. The molecule has 1 aromatic carbocycles. The van der Waals surface area contributed by atoms with Crippen molar-refractivity contribution in [3.05, 3.63) is 17.7 Å². The van der Waals surface area contributed by atoms with Gasteiger partial charge in [-0.2, -0.15) is 0 Å². The van der Waals surface area contributed by atoms with Gasteiger partial charge in [0.15, 0.2) is 11.5 Å². The lowest BCUT2D eigenvalue weighted by Crippen LogP contribution is -2.02. The first-order valence-corrected chi connectivity index (χ1v) is 4.87. The van der Waals surface area contributed by atoms with Crippen molar-refractivity contribution >= 4 is 0 Å². The average Bonchev–Trinajstić information content (AvgIpc) is 2.26. The summed E-state index contributed by atoms with van der Waals surface area (Å²) in [6.07, 6.45) is 1.65. The molecule has 1 aromatic rings. The Balaban J connectivity index is 3.01. The number of benzene rings is 1. The molecule has 0 spiro atoms. The van der Waals surface area contributed by atoms with Gasteiger partial charge in [-0.15, -0.1) is 0 Å². The highest BCUT2D eigenvalue weighted by molar-refractivity contribution is 5.54. The maximum atomic E-state index is 9.79. The Morgan fingerprint density at radius 1 is 1.27 bits per heavy atom. The number of hydrogen-bond acceptors (Lipinski definition) is 4. The van der Waals surface area contributed by atoms with Crippen LogP contribution in [0, 0.1) is 0 Å². The topological polar surface area (TPSA) is 64.7 Å². The molecule has 15 heavy (non-hydrogen) atoms. The lowest BCUT2D eigenvalue weighted by molar-refractivity contribution is 0.337. The van der Waals surface area contributed by atoms with Crippen LogP contribution in [0.3, 0.4) is 0 Å². The number of phenolic OH excluding ortho intramolecular Hbond substituents is 1. The van der Waals surface area contributed by atoms with Gasteiger partial charge in [0.25, 0.3) is 0 Å². The first-order chi connectivity index (χ1) is 7.24. The molecular weight excluding hydrogens is 194 g/mol. The van der Waals surface area contributed by atoms with E-state index in [0.717, 1.165) is 18.4 Å². The van der Waals surface area contributed by atoms with Gasteiger partial charge in [-0.05, 0) is 31.0 Å². The summed E-state index contributed by atoms with van der Waals surface area (Å²) in [6, 6.07) is 3.61. The summed E-state index contributed by atoms with van der Waals surface area (Å²) in [7, 11) is 3.04. The monoisotopic (exact) mass is 211 g/mol. The maximum Gasteiger partial charge on any atom is 0.201 e. The molecule has 0 radical (unpaired) electrons. The summed E-state index contributed by atoms with van der Waals surface area (Å²) >= 11 is 0. The molecule has 0 atom stereocenters. The largest absolute Gasteiger partial charge is 0.502 e. The van der Waals surface area contributed by atoms with Crippen molar-refractivity contribution < 1.29 is 14.6 Å². The Bertz CT molecular complexity index is 326. The van der Waals surface area contributed by atoms with Crippen LogP contribution in [0.4, 0.5) is 0 Å². The highest BCUT2D eigenvalue weighted by Gasteiger charge is 2.13. The van der Waals surface area contributed by atoms with Gasteiger partial charge in [-0.3, -0.25) is 0 Å².